The van der Waals surface area contributed by atoms with E-state index in [2.05, 4.69) is 69.8 Å². The van der Waals surface area contributed by atoms with Gasteiger partial charge in [0.15, 0.2) is 0 Å². The van der Waals surface area contributed by atoms with Gasteiger partial charge >= 0.3 is 0 Å². The lowest BCUT2D eigenvalue weighted by Crippen LogP contribution is -2.22. The van der Waals surface area contributed by atoms with Crippen LogP contribution in [0.5, 0.6) is 0 Å². The summed E-state index contributed by atoms with van der Waals surface area (Å²) in [6.07, 6.45) is 6.71. The zero-order valence-corrected chi connectivity index (χ0v) is 13.2. The van der Waals surface area contributed by atoms with E-state index in [1.54, 1.807) is 0 Å². The van der Waals surface area contributed by atoms with Gasteiger partial charge in [0, 0.05) is 16.2 Å². The predicted octanol–water partition coefficient (Wildman–Crippen LogP) is 5.86. The van der Waals surface area contributed by atoms with E-state index < -0.39 is 0 Å². The topological polar surface area (TPSA) is 12.0 Å². The third kappa shape index (κ3) is 3.24. The molecular weight excluding hydrogens is 310 g/mol. The molecule has 104 valence electrons. The van der Waals surface area contributed by atoms with E-state index in [1.165, 1.54) is 48.9 Å². The lowest BCUT2D eigenvalue weighted by atomic mass is 9.95. The molecule has 0 aliphatic heterocycles. The summed E-state index contributed by atoms with van der Waals surface area (Å²) in [6.45, 7) is 0. The molecule has 3 rings (SSSR count). The number of halogens is 1. The van der Waals surface area contributed by atoms with Gasteiger partial charge in [0.2, 0.25) is 0 Å². The summed E-state index contributed by atoms with van der Waals surface area (Å²) < 4.78 is 1.16. The van der Waals surface area contributed by atoms with Crippen molar-refractivity contribution in [2.45, 2.75) is 38.1 Å². The van der Waals surface area contributed by atoms with E-state index in [9.17, 15) is 0 Å². The van der Waals surface area contributed by atoms with Crippen molar-refractivity contribution < 1.29 is 0 Å². The van der Waals surface area contributed by atoms with Crippen molar-refractivity contribution in [2.24, 2.45) is 0 Å². The first-order valence-electron chi connectivity index (χ1n) is 7.44. The third-order valence-corrected chi connectivity index (χ3v) is 4.70. The van der Waals surface area contributed by atoms with Gasteiger partial charge in [-0.15, -0.1) is 0 Å². The Morgan fingerprint density at radius 1 is 0.850 bits per heavy atom. The summed E-state index contributed by atoms with van der Waals surface area (Å²) >= 11 is 3.71. The standard InChI is InChI=1S/C18H20BrN/c19-17-13-15(14-7-3-1-4-8-14)11-12-18(17)20-16-9-5-2-6-10-16/h1,3-4,7-8,11-13,16,20H,2,5-6,9-10H2. The number of rotatable bonds is 3. The first-order valence-corrected chi connectivity index (χ1v) is 8.24. The van der Waals surface area contributed by atoms with Crippen LogP contribution >= 0.6 is 15.9 Å². The van der Waals surface area contributed by atoms with Crippen LogP contribution in [0.4, 0.5) is 5.69 Å². The number of anilines is 1. The Morgan fingerprint density at radius 2 is 1.60 bits per heavy atom. The van der Waals surface area contributed by atoms with Crippen LogP contribution < -0.4 is 5.32 Å². The molecule has 0 saturated heterocycles. The fourth-order valence-electron chi connectivity index (χ4n) is 2.91. The Hall–Kier alpha value is -1.28. The minimum atomic E-state index is 0.641. The second kappa shape index (κ2) is 6.45. The lowest BCUT2D eigenvalue weighted by molar-refractivity contribution is 0.462. The molecule has 1 nitrogen and oxygen atoms in total. The average molecular weight is 330 g/mol. The summed E-state index contributed by atoms with van der Waals surface area (Å²) in [5.41, 5.74) is 3.74. The van der Waals surface area contributed by atoms with Crippen molar-refractivity contribution in [1.29, 1.82) is 0 Å². The monoisotopic (exact) mass is 329 g/mol. The summed E-state index contributed by atoms with van der Waals surface area (Å²) in [5.74, 6) is 0. The van der Waals surface area contributed by atoms with Crippen molar-refractivity contribution in [1.82, 2.24) is 0 Å². The first kappa shape index (κ1) is 13.7. The van der Waals surface area contributed by atoms with Crippen molar-refractivity contribution >= 4 is 21.6 Å². The Kier molecular flexibility index (Phi) is 4.41. The van der Waals surface area contributed by atoms with Crippen molar-refractivity contribution in [2.75, 3.05) is 5.32 Å². The minimum Gasteiger partial charge on any atom is -0.381 e. The molecule has 0 spiro atoms. The fourth-order valence-corrected chi connectivity index (χ4v) is 3.40. The summed E-state index contributed by atoms with van der Waals surface area (Å²) in [5, 5.41) is 3.68. The quantitative estimate of drug-likeness (QED) is 0.743. The summed E-state index contributed by atoms with van der Waals surface area (Å²) in [6, 6.07) is 17.8. The normalized spacial score (nSPS) is 16.1. The SMILES string of the molecule is Brc1cc(-c2ccccc2)ccc1NC1CCCCC1. The predicted molar refractivity (Wildman–Crippen MR) is 90.1 cm³/mol. The molecule has 1 aliphatic rings. The third-order valence-electron chi connectivity index (χ3n) is 4.04. The zero-order chi connectivity index (χ0) is 13.8. The molecule has 0 unspecified atom stereocenters. The smallest absolute Gasteiger partial charge is 0.0487 e. The molecule has 0 radical (unpaired) electrons. The van der Waals surface area contributed by atoms with Gasteiger partial charge in [0.25, 0.3) is 0 Å². The highest BCUT2D eigenvalue weighted by atomic mass is 79.9. The van der Waals surface area contributed by atoms with Gasteiger partial charge < -0.3 is 5.32 Å². The van der Waals surface area contributed by atoms with Gasteiger partial charge in [0.1, 0.15) is 0 Å². The average Bonchev–Trinajstić information content (AvgIpc) is 2.51. The molecule has 20 heavy (non-hydrogen) atoms. The first-order chi connectivity index (χ1) is 9.83. The molecule has 0 bridgehead atoms. The van der Waals surface area contributed by atoms with E-state index in [0.717, 1.165) is 4.47 Å². The van der Waals surface area contributed by atoms with Gasteiger partial charge in [-0.25, -0.2) is 0 Å². The zero-order valence-electron chi connectivity index (χ0n) is 11.6. The van der Waals surface area contributed by atoms with E-state index >= 15 is 0 Å². The number of nitrogens with one attached hydrogen (secondary N) is 1. The van der Waals surface area contributed by atoms with Crippen LogP contribution in [-0.4, -0.2) is 6.04 Å². The van der Waals surface area contributed by atoms with Crippen molar-refractivity contribution in [3.63, 3.8) is 0 Å². The molecule has 0 heterocycles. The van der Waals surface area contributed by atoms with Crippen LogP contribution in [0.25, 0.3) is 11.1 Å². The number of hydrogen-bond donors (Lipinski definition) is 1. The van der Waals surface area contributed by atoms with E-state index in [4.69, 9.17) is 0 Å². The van der Waals surface area contributed by atoms with Crippen molar-refractivity contribution in [3.8, 4) is 11.1 Å². The molecule has 1 aliphatic carbocycles. The van der Waals surface area contributed by atoms with Gasteiger partial charge in [-0.3, -0.25) is 0 Å². The highest BCUT2D eigenvalue weighted by Crippen LogP contribution is 2.31. The Bertz CT molecular complexity index is 559. The van der Waals surface area contributed by atoms with Gasteiger partial charge in [-0.1, -0.05) is 55.7 Å². The fraction of sp³-hybridized carbons (Fsp3) is 0.333. The molecule has 0 amide bonds. The largest absolute Gasteiger partial charge is 0.381 e. The molecule has 1 fully saturated rings. The second-order valence-corrected chi connectivity index (χ2v) is 6.39. The number of hydrogen-bond acceptors (Lipinski definition) is 1. The Labute approximate surface area is 129 Å². The molecule has 0 aromatic heterocycles. The summed E-state index contributed by atoms with van der Waals surface area (Å²) in [7, 11) is 0. The molecule has 2 heteroatoms. The van der Waals surface area contributed by atoms with Crippen LogP contribution in [0, 0.1) is 0 Å². The van der Waals surface area contributed by atoms with Crippen molar-refractivity contribution in [3.05, 3.63) is 53.0 Å². The minimum absolute atomic E-state index is 0.641. The van der Waals surface area contributed by atoms with E-state index in [-0.39, 0.29) is 0 Å². The highest BCUT2D eigenvalue weighted by molar-refractivity contribution is 9.10. The second-order valence-electron chi connectivity index (χ2n) is 5.54. The van der Waals surface area contributed by atoms with Crippen LogP contribution in [0.3, 0.4) is 0 Å². The van der Waals surface area contributed by atoms with Gasteiger partial charge in [-0.05, 0) is 52.0 Å². The molecule has 1 N–H and O–H groups in total. The number of benzene rings is 2. The van der Waals surface area contributed by atoms with E-state index in [0.29, 0.717) is 6.04 Å². The summed E-state index contributed by atoms with van der Waals surface area (Å²) in [4.78, 5) is 0. The molecule has 1 saturated carbocycles. The molecule has 2 aromatic carbocycles. The Morgan fingerprint density at radius 3 is 2.30 bits per heavy atom. The molecule has 2 aromatic rings. The van der Waals surface area contributed by atoms with Crippen LogP contribution in [0.2, 0.25) is 0 Å². The maximum atomic E-state index is 3.71. The lowest BCUT2D eigenvalue weighted by Gasteiger charge is -2.24. The van der Waals surface area contributed by atoms with Crippen LogP contribution in [0.15, 0.2) is 53.0 Å². The highest BCUT2D eigenvalue weighted by Gasteiger charge is 2.14. The molecule has 0 atom stereocenters. The molecular formula is C18H20BrN. The van der Waals surface area contributed by atoms with Crippen LogP contribution in [-0.2, 0) is 0 Å². The van der Waals surface area contributed by atoms with Gasteiger partial charge in [0.05, 0.1) is 0 Å². The van der Waals surface area contributed by atoms with E-state index in [1.807, 2.05) is 0 Å². The van der Waals surface area contributed by atoms with Gasteiger partial charge in [-0.2, -0.15) is 0 Å². The maximum Gasteiger partial charge on any atom is 0.0487 e. The maximum absolute atomic E-state index is 3.71. The Balaban J connectivity index is 1.77. The van der Waals surface area contributed by atoms with Crippen LogP contribution in [0.1, 0.15) is 32.1 Å².